The van der Waals surface area contributed by atoms with Crippen LogP contribution in [-0.2, 0) is 9.53 Å². The molecule has 0 aliphatic rings. The molecular formula is C9H14N4O2. The molecule has 1 aromatic heterocycles. The van der Waals surface area contributed by atoms with Crippen LogP contribution in [0.3, 0.4) is 0 Å². The quantitative estimate of drug-likeness (QED) is 0.700. The molecule has 0 aromatic carbocycles. The van der Waals surface area contributed by atoms with Crippen molar-refractivity contribution < 1.29 is 9.53 Å². The molecule has 0 saturated carbocycles. The lowest BCUT2D eigenvalue weighted by Crippen LogP contribution is -2.29. The highest BCUT2D eigenvalue weighted by atomic mass is 16.5. The first kappa shape index (κ1) is 11.2. The summed E-state index contributed by atoms with van der Waals surface area (Å²) >= 11 is 0. The number of nitrogens with one attached hydrogen (secondary N) is 1. The molecule has 15 heavy (non-hydrogen) atoms. The highest BCUT2D eigenvalue weighted by molar-refractivity contribution is 5.78. The summed E-state index contributed by atoms with van der Waals surface area (Å²) < 4.78 is 4.82. The van der Waals surface area contributed by atoms with Crippen LogP contribution in [0.5, 0.6) is 0 Å². The summed E-state index contributed by atoms with van der Waals surface area (Å²) in [5.41, 5.74) is 5.46. The molecule has 0 amide bonds. The van der Waals surface area contributed by atoms with E-state index in [1.54, 1.807) is 19.9 Å². The second kappa shape index (κ2) is 5.14. The molecule has 1 unspecified atom stereocenters. The van der Waals surface area contributed by atoms with Gasteiger partial charge in [0.1, 0.15) is 11.9 Å². The average molecular weight is 210 g/mol. The van der Waals surface area contributed by atoms with Gasteiger partial charge in [-0.25, -0.2) is 9.78 Å². The van der Waals surface area contributed by atoms with Crippen molar-refractivity contribution in [1.82, 2.24) is 9.97 Å². The Morgan fingerprint density at radius 3 is 3.07 bits per heavy atom. The Hall–Kier alpha value is -1.85. The zero-order chi connectivity index (χ0) is 11.3. The fraction of sp³-hybridized carbons (Fsp3) is 0.444. The lowest BCUT2D eigenvalue weighted by atomic mass is 10.3. The topological polar surface area (TPSA) is 90.1 Å². The number of nitrogens with two attached hydrogens (primary N) is 1. The molecule has 1 aromatic rings. The second-order valence-electron chi connectivity index (χ2n) is 2.92. The first-order chi connectivity index (χ1) is 7.13. The summed E-state index contributed by atoms with van der Waals surface area (Å²) in [5.74, 6) is 0.322. The lowest BCUT2D eigenvalue weighted by Gasteiger charge is -2.12. The van der Waals surface area contributed by atoms with Crippen molar-refractivity contribution in [2.45, 2.75) is 19.9 Å². The summed E-state index contributed by atoms with van der Waals surface area (Å²) in [6, 6.07) is 1.08. The average Bonchev–Trinajstić information content (AvgIpc) is 2.18. The molecule has 0 spiro atoms. The SMILES string of the molecule is CCOC(=O)C(C)Nc1nccc(N)n1. The number of carbonyl (C=O) groups excluding carboxylic acids is 1. The van der Waals surface area contributed by atoms with E-state index in [2.05, 4.69) is 15.3 Å². The third-order valence-corrected chi connectivity index (χ3v) is 1.66. The number of aromatic nitrogens is 2. The molecule has 0 saturated heterocycles. The van der Waals surface area contributed by atoms with E-state index < -0.39 is 6.04 Å². The molecule has 1 heterocycles. The van der Waals surface area contributed by atoms with Gasteiger partial charge in [-0.1, -0.05) is 0 Å². The number of nitrogens with zero attached hydrogens (tertiary/aromatic N) is 2. The number of hydrogen-bond acceptors (Lipinski definition) is 6. The van der Waals surface area contributed by atoms with Gasteiger partial charge in [0.25, 0.3) is 0 Å². The Morgan fingerprint density at radius 1 is 1.73 bits per heavy atom. The summed E-state index contributed by atoms with van der Waals surface area (Å²) in [6.45, 7) is 3.77. The summed E-state index contributed by atoms with van der Waals surface area (Å²) in [5, 5.41) is 2.79. The fourth-order valence-electron chi connectivity index (χ4n) is 0.962. The van der Waals surface area contributed by atoms with Crippen molar-refractivity contribution in [3.63, 3.8) is 0 Å². The normalized spacial score (nSPS) is 11.9. The molecule has 0 fully saturated rings. The van der Waals surface area contributed by atoms with Crippen LogP contribution in [0.25, 0.3) is 0 Å². The Kier molecular flexibility index (Phi) is 3.84. The highest BCUT2D eigenvalue weighted by Gasteiger charge is 2.14. The van der Waals surface area contributed by atoms with Crippen molar-refractivity contribution in [3.05, 3.63) is 12.3 Å². The maximum absolute atomic E-state index is 11.3. The number of carbonyl (C=O) groups is 1. The first-order valence-corrected chi connectivity index (χ1v) is 4.65. The molecule has 82 valence electrons. The van der Waals surface area contributed by atoms with Crippen LogP contribution in [0.1, 0.15) is 13.8 Å². The van der Waals surface area contributed by atoms with E-state index in [1.807, 2.05) is 0 Å². The smallest absolute Gasteiger partial charge is 0.328 e. The predicted octanol–water partition coefficient (Wildman–Crippen LogP) is 0.422. The van der Waals surface area contributed by atoms with Crippen LogP contribution in [0.4, 0.5) is 11.8 Å². The Bertz CT molecular complexity index is 343. The number of nitrogen functional groups attached to an aromatic ring is 1. The molecule has 0 bridgehead atoms. The minimum atomic E-state index is -0.494. The van der Waals surface area contributed by atoms with Gasteiger partial charge in [-0.2, -0.15) is 4.98 Å². The summed E-state index contributed by atoms with van der Waals surface area (Å²) in [7, 11) is 0. The Balaban J connectivity index is 2.58. The van der Waals surface area contributed by atoms with Crippen molar-refractivity contribution in [2.75, 3.05) is 17.7 Å². The van der Waals surface area contributed by atoms with Crippen molar-refractivity contribution in [2.24, 2.45) is 0 Å². The fourth-order valence-corrected chi connectivity index (χ4v) is 0.962. The number of esters is 1. The van der Waals surface area contributed by atoms with Gasteiger partial charge in [-0.05, 0) is 19.9 Å². The van der Waals surface area contributed by atoms with Gasteiger partial charge in [-0.3, -0.25) is 0 Å². The molecule has 6 nitrogen and oxygen atoms in total. The van der Waals surface area contributed by atoms with Crippen LogP contribution in [0, 0.1) is 0 Å². The van der Waals surface area contributed by atoms with Gasteiger partial charge in [0, 0.05) is 6.20 Å². The molecule has 1 rings (SSSR count). The summed E-state index contributed by atoms with van der Waals surface area (Å²) in [6.07, 6.45) is 1.52. The van der Waals surface area contributed by atoms with E-state index in [0.29, 0.717) is 18.4 Å². The molecule has 3 N–H and O–H groups in total. The van der Waals surface area contributed by atoms with Gasteiger partial charge in [0.05, 0.1) is 6.61 Å². The maximum Gasteiger partial charge on any atom is 0.328 e. The molecular weight excluding hydrogens is 196 g/mol. The van der Waals surface area contributed by atoms with Crippen LogP contribution in [0.2, 0.25) is 0 Å². The number of rotatable bonds is 4. The van der Waals surface area contributed by atoms with Crippen molar-refractivity contribution >= 4 is 17.7 Å². The highest BCUT2D eigenvalue weighted by Crippen LogP contribution is 2.03. The van der Waals surface area contributed by atoms with E-state index in [1.165, 1.54) is 6.20 Å². The van der Waals surface area contributed by atoms with Gasteiger partial charge >= 0.3 is 5.97 Å². The van der Waals surface area contributed by atoms with Gasteiger partial charge in [0.15, 0.2) is 0 Å². The maximum atomic E-state index is 11.3. The number of ether oxygens (including phenoxy) is 1. The second-order valence-corrected chi connectivity index (χ2v) is 2.92. The van der Waals surface area contributed by atoms with E-state index in [9.17, 15) is 4.79 Å². The lowest BCUT2D eigenvalue weighted by molar-refractivity contribution is -0.143. The third kappa shape index (κ3) is 3.41. The Morgan fingerprint density at radius 2 is 2.47 bits per heavy atom. The molecule has 1 atom stereocenters. The minimum Gasteiger partial charge on any atom is -0.464 e. The number of anilines is 2. The molecule has 0 aliphatic heterocycles. The molecule has 0 radical (unpaired) electrons. The largest absolute Gasteiger partial charge is 0.464 e. The van der Waals surface area contributed by atoms with Gasteiger partial charge in [-0.15, -0.1) is 0 Å². The van der Waals surface area contributed by atoms with Gasteiger partial charge in [0.2, 0.25) is 5.95 Å². The molecule has 0 aliphatic carbocycles. The van der Waals surface area contributed by atoms with E-state index in [-0.39, 0.29) is 5.97 Å². The predicted molar refractivity (Wildman–Crippen MR) is 56.2 cm³/mol. The van der Waals surface area contributed by atoms with Crippen LogP contribution >= 0.6 is 0 Å². The molecule has 6 heteroatoms. The van der Waals surface area contributed by atoms with E-state index in [0.717, 1.165) is 0 Å². The van der Waals surface area contributed by atoms with E-state index in [4.69, 9.17) is 10.5 Å². The van der Waals surface area contributed by atoms with Crippen LogP contribution in [0.15, 0.2) is 12.3 Å². The van der Waals surface area contributed by atoms with Crippen LogP contribution in [-0.4, -0.2) is 28.6 Å². The van der Waals surface area contributed by atoms with Gasteiger partial charge < -0.3 is 15.8 Å². The van der Waals surface area contributed by atoms with Crippen molar-refractivity contribution in [3.8, 4) is 0 Å². The minimum absolute atomic E-state index is 0.315. The number of hydrogen-bond donors (Lipinski definition) is 2. The zero-order valence-corrected chi connectivity index (χ0v) is 8.73. The Labute approximate surface area is 87.9 Å². The monoisotopic (exact) mass is 210 g/mol. The zero-order valence-electron chi connectivity index (χ0n) is 8.73. The summed E-state index contributed by atoms with van der Waals surface area (Å²) in [4.78, 5) is 19.1. The van der Waals surface area contributed by atoms with E-state index >= 15 is 0 Å². The first-order valence-electron chi connectivity index (χ1n) is 4.65. The standard InChI is InChI=1S/C9H14N4O2/c1-3-15-8(14)6(2)12-9-11-5-4-7(10)13-9/h4-6H,3H2,1-2H3,(H3,10,11,12,13). The van der Waals surface area contributed by atoms with Crippen molar-refractivity contribution in [1.29, 1.82) is 0 Å². The van der Waals surface area contributed by atoms with Crippen LogP contribution < -0.4 is 11.1 Å². The third-order valence-electron chi connectivity index (χ3n) is 1.66.